The van der Waals surface area contributed by atoms with Gasteiger partial charge in [0.05, 0.1) is 6.61 Å². The van der Waals surface area contributed by atoms with Gasteiger partial charge in [-0.15, -0.1) is 0 Å². The molecule has 22 heavy (non-hydrogen) atoms. The molecule has 2 rings (SSSR count). The molecule has 0 aromatic heterocycles. The Labute approximate surface area is 133 Å². The van der Waals surface area contributed by atoms with E-state index in [2.05, 4.69) is 17.0 Å². The predicted molar refractivity (Wildman–Crippen MR) is 86.7 cm³/mol. The minimum Gasteiger partial charge on any atom is -0.381 e. The molecule has 1 aliphatic rings. The maximum Gasteiger partial charge on any atom is 0.276 e. The second kappa shape index (κ2) is 8.59. The molecule has 1 heterocycles. The molecule has 6 nitrogen and oxygen atoms in total. The van der Waals surface area contributed by atoms with E-state index in [4.69, 9.17) is 9.88 Å². The Morgan fingerprint density at radius 1 is 1.05 bits per heavy atom. The third-order valence-corrected chi connectivity index (χ3v) is 4.92. The molecule has 124 valence electrons. The molecule has 0 atom stereocenters. The smallest absolute Gasteiger partial charge is 0.276 e. The average Bonchev–Trinajstić information content (AvgIpc) is 2.51. The van der Waals surface area contributed by atoms with Crippen molar-refractivity contribution < 1.29 is 13.2 Å². The van der Waals surface area contributed by atoms with E-state index in [1.165, 1.54) is 9.87 Å². The van der Waals surface area contributed by atoms with Crippen molar-refractivity contribution in [3.8, 4) is 0 Å². The van der Waals surface area contributed by atoms with E-state index in [0.717, 1.165) is 45.7 Å². The van der Waals surface area contributed by atoms with Gasteiger partial charge >= 0.3 is 0 Å². The van der Waals surface area contributed by atoms with Crippen LogP contribution in [0.5, 0.6) is 0 Å². The largest absolute Gasteiger partial charge is 0.381 e. The topological polar surface area (TPSA) is 75.9 Å². The monoisotopic (exact) mass is 327 g/mol. The molecule has 0 saturated carbocycles. The van der Waals surface area contributed by atoms with Crippen LogP contribution in [-0.2, 0) is 21.4 Å². The molecule has 0 aliphatic carbocycles. The van der Waals surface area contributed by atoms with Crippen LogP contribution in [-0.4, -0.2) is 63.6 Å². The van der Waals surface area contributed by atoms with Gasteiger partial charge in [0.15, 0.2) is 0 Å². The van der Waals surface area contributed by atoms with Crippen molar-refractivity contribution in [2.45, 2.75) is 12.8 Å². The second-order valence-electron chi connectivity index (χ2n) is 5.49. The molecule has 1 aliphatic heterocycles. The van der Waals surface area contributed by atoms with Gasteiger partial charge in [-0.25, -0.2) is 5.14 Å². The lowest BCUT2D eigenvalue weighted by atomic mass is 10.2. The second-order valence-corrected chi connectivity index (χ2v) is 7.03. The Morgan fingerprint density at radius 2 is 1.73 bits per heavy atom. The van der Waals surface area contributed by atoms with Crippen molar-refractivity contribution in [2.24, 2.45) is 5.14 Å². The van der Waals surface area contributed by atoms with Crippen LogP contribution in [0.4, 0.5) is 0 Å². The zero-order valence-electron chi connectivity index (χ0n) is 12.9. The summed E-state index contributed by atoms with van der Waals surface area (Å²) in [5.41, 5.74) is 1.29. The van der Waals surface area contributed by atoms with Gasteiger partial charge in [-0.05, 0) is 18.4 Å². The van der Waals surface area contributed by atoms with Crippen molar-refractivity contribution in [1.29, 1.82) is 0 Å². The zero-order valence-corrected chi connectivity index (χ0v) is 13.7. The van der Waals surface area contributed by atoms with Crippen molar-refractivity contribution >= 4 is 10.2 Å². The summed E-state index contributed by atoms with van der Waals surface area (Å²) in [6.07, 6.45) is 1.90. The third kappa shape index (κ3) is 6.02. The molecule has 1 fully saturated rings. The number of nitrogens with two attached hydrogens (primary N) is 1. The molecule has 1 aromatic carbocycles. The van der Waals surface area contributed by atoms with Crippen LogP contribution in [0.25, 0.3) is 0 Å². The summed E-state index contributed by atoms with van der Waals surface area (Å²) in [7, 11) is -3.53. The van der Waals surface area contributed by atoms with E-state index in [9.17, 15) is 8.42 Å². The van der Waals surface area contributed by atoms with Gasteiger partial charge in [-0.3, -0.25) is 0 Å². The van der Waals surface area contributed by atoms with E-state index < -0.39 is 10.2 Å². The number of hydrogen-bond donors (Lipinski definition) is 1. The van der Waals surface area contributed by atoms with Crippen LogP contribution in [0.15, 0.2) is 30.3 Å². The predicted octanol–water partition coefficient (Wildman–Crippen LogP) is 0.457. The highest BCUT2D eigenvalue weighted by atomic mass is 32.2. The van der Waals surface area contributed by atoms with Crippen LogP contribution >= 0.6 is 0 Å². The van der Waals surface area contributed by atoms with Gasteiger partial charge in [-0.2, -0.15) is 12.7 Å². The first-order chi connectivity index (χ1) is 10.6. The first-order valence-corrected chi connectivity index (χ1v) is 9.18. The van der Waals surface area contributed by atoms with Gasteiger partial charge in [0, 0.05) is 39.3 Å². The summed E-state index contributed by atoms with van der Waals surface area (Å²) in [5, 5.41) is 5.12. The van der Waals surface area contributed by atoms with E-state index in [1.807, 2.05) is 18.2 Å². The lowest BCUT2D eigenvalue weighted by Crippen LogP contribution is -2.50. The lowest BCUT2D eigenvalue weighted by Gasteiger charge is -2.32. The highest BCUT2D eigenvalue weighted by Crippen LogP contribution is 2.05. The fourth-order valence-corrected chi connectivity index (χ4v) is 3.21. The standard InChI is InChI=1S/C15H25N3O3S/c16-22(19,20)18-11-9-17(10-12-18)8-4-13-21-14-7-15-5-2-1-3-6-15/h1-3,5-6H,4,7-14H2,(H2,16,19,20). The van der Waals surface area contributed by atoms with Crippen molar-refractivity contribution in [1.82, 2.24) is 9.21 Å². The van der Waals surface area contributed by atoms with Crippen LogP contribution in [0, 0.1) is 0 Å². The quantitative estimate of drug-likeness (QED) is 0.704. The Kier molecular flexibility index (Phi) is 6.78. The van der Waals surface area contributed by atoms with Gasteiger partial charge in [0.1, 0.15) is 0 Å². The Hall–Kier alpha value is -0.990. The molecule has 0 spiro atoms. The highest BCUT2D eigenvalue weighted by Gasteiger charge is 2.23. The molecule has 2 N–H and O–H groups in total. The van der Waals surface area contributed by atoms with Gasteiger partial charge in [-0.1, -0.05) is 30.3 Å². The number of piperazine rings is 1. The molecule has 0 unspecified atom stereocenters. The fourth-order valence-electron chi connectivity index (χ4n) is 2.53. The van der Waals surface area contributed by atoms with Gasteiger partial charge in [0.2, 0.25) is 0 Å². The Bertz CT molecular complexity index is 528. The summed E-state index contributed by atoms with van der Waals surface area (Å²) in [6, 6.07) is 10.3. The van der Waals surface area contributed by atoms with Gasteiger partial charge in [0.25, 0.3) is 10.2 Å². The SMILES string of the molecule is NS(=O)(=O)N1CCN(CCCOCCc2ccccc2)CC1. The zero-order chi connectivity index (χ0) is 15.8. The normalized spacial score (nSPS) is 17.7. The molecule has 7 heteroatoms. The highest BCUT2D eigenvalue weighted by molar-refractivity contribution is 7.86. The summed E-state index contributed by atoms with van der Waals surface area (Å²) in [5.74, 6) is 0. The molecular weight excluding hydrogens is 302 g/mol. The van der Waals surface area contributed by atoms with E-state index in [1.54, 1.807) is 0 Å². The maximum atomic E-state index is 11.2. The molecule has 0 bridgehead atoms. The first kappa shape index (κ1) is 17.4. The number of ether oxygens (including phenoxy) is 1. The molecule has 1 saturated heterocycles. The maximum absolute atomic E-state index is 11.2. The van der Waals surface area contributed by atoms with Crippen LogP contribution in [0.3, 0.4) is 0 Å². The van der Waals surface area contributed by atoms with Crippen molar-refractivity contribution in [3.05, 3.63) is 35.9 Å². The third-order valence-electron chi connectivity index (χ3n) is 3.83. The molecule has 1 aromatic rings. The van der Waals surface area contributed by atoms with Crippen molar-refractivity contribution in [2.75, 3.05) is 45.9 Å². The number of benzene rings is 1. The van der Waals surface area contributed by atoms with Gasteiger partial charge < -0.3 is 9.64 Å². The van der Waals surface area contributed by atoms with Crippen LogP contribution < -0.4 is 5.14 Å². The van der Waals surface area contributed by atoms with Crippen LogP contribution in [0.2, 0.25) is 0 Å². The summed E-state index contributed by atoms with van der Waals surface area (Å²) >= 11 is 0. The Balaban J connectivity index is 1.51. The van der Waals surface area contributed by atoms with E-state index in [-0.39, 0.29) is 0 Å². The van der Waals surface area contributed by atoms with Crippen molar-refractivity contribution in [3.63, 3.8) is 0 Å². The lowest BCUT2D eigenvalue weighted by molar-refractivity contribution is 0.115. The first-order valence-electron chi connectivity index (χ1n) is 7.67. The minimum absolute atomic E-state index is 0.480. The summed E-state index contributed by atoms with van der Waals surface area (Å²) in [6.45, 7) is 4.84. The Morgan fingerprint density at radius 3 is 2.36 bits per heavy atom. The van der Waals surface area contributed by atoms with E-state index >= 15 is 0 Å². The van der Waals surface area contributed by atoms with E-state index in [0.29, 0.717) is 13.1 Å². The van der Waals surface area contributed by atoms with Crippen LogP contribution in [0.1, 0.15) is 12.0 Å². The average molecular weight is 327 g/mol. The summed E-state index contributed by atoms with van der Waals surface area (Å²) in [4.78, 5) is 2.25. The number of rotatable bonds is 8. The number of nitrogens with zero attached hydrogens (tertiary/aromatic N) is 2. The summed E-state index contributed by atoms with van der Waals surface area (Å²) < 4.78 is 29.4. The molecule has 0 radical (unpaired) electrons. The molecule has 0 amide bonds. The number of hydrogen-bond acceptors (Lipinski definition) is 4. The minimum atomic E-state index is -3.53. The fraction of sp³-hybridized carbons (Fsp3) is 0.600. The molecular formula is C15H25N3O3S.